The van der Waals surface area contributed by atoms with Gasteiger partial charge in [0, 0.05) is 24.1 Å². The van der Waals surface area contributed by atoms with Crippen molar-refractivity contribution in [1.29, 1.82) is 0 Å². The van der Waals surface area contributed by atoms with Gasteiger partial charge in [-0.1, -0.05) is 64.1 Å². The maximum Gasteiger partial charge on any atom is 0.256 e. The number of amides is 1. The van der Waals surface area contributed by atoms with E-state index < -0.39 is 0 Å². The van der Waals surface area contributed by atoms with Crippen LogP contribution in [-0.4, -0.2) is 21.6 Å². The van der Waals surface area contributed by atoms with E-state index >= 15 is 0 Å². The van der Waals surface area contributed by atoms with Crippen LogP contribution in [0.3, 0.4) is 0 Å². The molecule has 1 N–H and O–H groups in total. The van der Waals surface area contributed by atoms with Crippen LogP contribution < -0.4 is 5.32 Å². The quantitative estimate of drug-likeness (QED) is 0.287. The van der Waals surface area contributed by atoms with Gasteiger partial charge in [0.15, 0.2) is 5.58 Å². The number of rotatable bonds is 10. The number of fused-ring (bicyclic) bond motifs is 1. The number of thioether (sulfide) groups is 1. The van der Waals surface area contributed by atoms with Crippen LogP contribution in [0.5, 0.6) is 0 Å². The molecule has 0 aliphatic carbocycles. The van der Waals surface area contributed by atoms with Gasteiger partial charge in [-0.15, -0.1) is 0 Å². The Hall–Kier alpha value is -2.34. The first-order valence-corrected chi connectivity index (χ1v) is 11.7. The Balaban J connectivity index is 1.43. The molecule has 0 atom stereocenters. The second-order valence-electron chi connectivity index (χ2n) is 8.15. The zero-order chi connectivity index (χ0) is 21.5. The van der Waals surface area contributed by atoms with Crippen LogP contribution in [0.25, 0.3) is 11.1 Å². The second kappa shape index (κ2) is 10.6. The van der Waals surface area contributed by atoms with Gasteiger partial charge in [0.25, 0.3) is 5.22 Å². The van der Waals surface area contributed by atoms with Crippen molar-refractivity contribution in [2.75, 3.05) is 11.1 Å². The lowest BCUT2D eigenvalue weighted by molar-refractivity contribution is -0.116. The smallest absolute Gasteiger partial charge is 0.256 e. The van der Waals surface area contributed by atoms with E-state index in [4.69, 9.17) is 4.42 Å². The third kappa shape index (κ3) is 5.85. The second-order valence-corrected chi connectivity index (χ2v) is 9.20. The number of nitrogens with one attached hydrogen (secondary N) is 1. The summed E-state index contributed by atoms with van der Waals surface area (Å²) in [5.74, 6) is 1.77. The minimum atomic E-state index is 0.101. The van der Waals surface area contributed by atoms with Gasteiger partial charge in [-0.25, -0.2) is 4.98 Å². The van der Waals surface area contributed by atoms with Crippen molar-refractivity contribution in [1.82, 2.24) is 9.97 Å². The highest BCUT2D eigenvalue weighted by Crippen LogP contribution is 2.32. The number of hydrogen-bond donors (Lipinski definition) is 1. The summed E-state index contributed by atoms with van der Waals surface area (Å²) in [7, 11) is 0. The van der Waals surface area contributed by atoms with Crippen molar-refractivity contribution < 1.29 is 9.21 Å². The monoisotopic (exact) mass is 425 g/mol. The van der Waals surface area contributed by atoms with E-state index in [1.807, 2.05) is 6.07 Å². The minimum absolute atomic E-state index is 0.101. The molecular weight excluding hydrogens is 394 g/mol. The highest BCUT2D eigenvalue weighted by molar-refractivity contribution is 7.99. The number of nitrogens with zero attached hydrogens (tertiary/aromatic N) is 2. The Morgan fingerprint density at radius 1 is 1.07 bits per heavy atom. The Kier molecular flexibility index (Phi) is 7.91. The number of anilines is 1. The maximum atomic E-state index is 12.6. The topological polar surface area (TPSA) is 68.0 Å². The third-order valence-electron chi connectivity index (χ3n) is 5.08. The van der Waals surface area contributed by atoms with Gasteiger partial charge in [-0.3, -0.25) is 9.78 Å². The molecule has 6 heteroatoms. The van der Waals surface area contributed by atoms with Gasteiger partial charge in [0.1, 0.15) is 5.52 Å². The molecule has 3 aromatic rings. The number of unbranched alkanes of at least 4 members (excludes halogenated alkanes) is 2. The summed E-state index contributed by atoms with van der Waals surface area (Å²) in [6.45, 7) is 8.67. The number of carbonyl (C=O) groups is 1. The fourth-order valence-corrected chi connectivity index (χ4v) is 4.28. The first-order valence-electron chi connectivity index (χ1n) is 10.7. The largest absolute Gasteiger partial charge is 0.430 e. The van der Waals surface area contributed by atoms with Crippen molar-refractivity contribution in [3.05, 3.63) is 47.8 Å². The number of oxazole rings is 1. The predicted molar refractivity (Wildman–Crippen MR) is 124 cm³/mol. The first kappa shape index (κ1) is 22.3. The minimum Gasteiger partial charge on any atom is -0.430 e. The van der Waals surface area contributed by atoms with E-state index in [0.29, 0.717) is 23.5 Å². The fourth-order valence-electron chi connectivity index (χ4n) is 3.44. The highest BCUT2D eigenvalue weighted by atomic mass is 32.2. The molecule has 0 aliphatic rings. The summed E-state index contributed by atoms with van der Waals surface area (Å²) in [5.41, 5.74) is 4.98. The average Bonchev–Trinajstić information content (AvgIpc) is 3.13. The van der Waals surface area contributed by atoms with Crippen molar-refractivity contribution in [3.63, 3.8) is 0 Å². The molecule has 0 aliphatic heterocycles. The lowest BCUT2D eigenvalue weighted by Crippen LogP contribution is -2.15. The van der Waals surface area contributed by atoms with E-state index in [-0.39, 0.29) is 5.91 Å². The molecule has 0 saturated carbocycles. The Morgan fingerprint density at radius 2 is 1.80 bits per heavy atom. The summed E-state index contributed by atoms with van der Waals surface area (Å²) < 4.78 is 5.67. The number of aromatic nitrogens is 2. The van der Waals surface area contributed by atoms with Crippen LogP contribution >= 0.6 is 11.8 Å². The van der Waals surface area contributed by atoms with Crippen LogP contribution in [0.1, 0.15) is 76.3 Å². The summed E-state index contributed by atoms with van der Waals surface area (Å²) in [5, 5.41) is 3.88. The van der Waals surface area contributed by atoms with Gasteiger partial charge in [-0.2, -0.15) is 0 Å². The number of para-hydroxylation sites is 1. The highest BCUT2D eigenvalue weighted by Gasteiger charge is 2.15. The zero-order valence-electron chi connectivity index (χ0n) is 18.3. The molecular formula is C24H31N3O2S. The molecule has 0 radical (unpaired) electrons. The standard InChI is InChI=1S/C24H31N3O2S/c1-16(2)18-9-8-10-19(17(3)4)23(18)27-22(28)11-6-5-7-14-30-24-26-20-12-13-25-15-21(20)29-24/h8-10,12-13,15-17H,5-7,11,14H2,1-4H3,(H,27,28). The van der Waals surface area contributed by atoms with Crippen LogP contribution in [-0.2, 0) is 4.79 Å². The first-order chi connectivity index (χ1) is 14.5. The van der Waals surface area contributed by atoms with Gasteiger partial charge in [0.2, 0.25) is 5.91 Å². The molecule has 30 heavy (non-hydrogen) atoms. The Labute approximate surface area is 183 Å². The molecule has 1 aromatic carbocycles. The predicted octanol–water partition coefficient (Wildman–Crippen LogP) is 6.76. The fraction of sp³-hybridized carbons (Fsp3) is 0.458. The summed E-state index contributed by atoms with van der Waals surface area (Å²) in [4.78, 5) is 21.1. The lowest BCUT2D eigenvalue weighted by Gasteiger charge is -2.20. The molecule has 0 fully saturated rings. The van der Waals surface area contributed by atoms with E-state index in [1.165, 1.54) is 11.1 Å². The van der Waals surface area contributed by atoms with Gasteiger partial charge in [-0.05, 0) is 41.9 Å². The molecule has 0 bridgehead atoms. The molecule has 3 rings (SSSR count). The molecule has 0 unspecified atom stereocenters. The SMILES string of the molecule is CC(C)c1cccc(C(C)C)c1NC(=O)CCCCCSc1nc2ccncc2o1. The molecule has 0 spiro atoms. The van der Waals surface area contributed by atoms with E-state index in [2.05, 4.69) is 61.2 Å². The van der Waals surface area contributed by atoms with Crippen LogP contribution in [0.15, 0.2) is 46.3 Å². The van der Waals surface area contributed by atoms with Crippen molar-refractivity contribution in [2.24, 2.45) is 0 Å². The lowest BCUT2D eigenvalue weighted by atomic mass is 9.92. The van der Waals surface area contributed by atoms with Crippen LogP contribution in [0.2, 0.25) is 0 Å². The van der Waals surface area contributed by atoms with Crippen molar-refractivity contribution >= 4 is 34.5 Å². The number of carbonyl (C=O) groups excluding carboxylic acids is 1. The number of benzene rings is 1. The number of hydrogen-bond acceptors (Lipinski definition) is 5. The number of pyridine rings is 1. The Bertz CT molecular complexity index is 922. The molecule has 2 heterocycles. The van der Waals surface area contributed by atoms with E-state index in [0.717, 1.165) is 41.8 Å². The molecule has 0 saturated heterocycles. The van der Waals surface area contributed by atoms with Crippen molar-refractivity contribution in [3.8, 4) is 0 Å². The maximum absolute atomic E-state index is 12.6. The summed E-state index contributed by atoms with van der Waals surface area (Å²) in [6, 6.07) is 8.17. The molecule has 2 aromatic heterocycles. The van der Waals surface area contributed by atoms with Gasteiger partial charge in [0.05, 0.1) is 6.20 Å². The van der Waals surface area contributed by atoms with Crippen LogP contribution in [0, 0.1) is 0 Å². The third-order valence-corrected chi connectivity index (χ3v) is 6.00. The summed E-state index contributed by atoms with van der Waals surface area (Å²) >= 11 is 1.61. The van der Waals surface area contributed by atoms with Gasteiger partial charge >= 0.3 is 0 Å². The van der Waals surface area contributed by atoms with Crippen molar-refractivity contribution in [2.45, 2.75) is 70.4 Å². The van der Waals surface area contributed by atoms with E-state index in [1.54, 1.807) is 24.2 Å². The average molecular weight is 426 g/mol. The van der Waals surface area contributed by atoms with Gasteiger partial charge < -0.3 is 9.73 Å². The Morgan fingerprint density at radius 3 is 2.47 bits per heavy atom. The van der Waals surface area contributed by atoms with Crippen LogP contribution in [0.4, 0.5) is 5.69 Å². The summed E-state index contributed by atoms with van der Waals surface area (Å²) in [6.07, 6.45) is 6.86. The zero-order valence-corrected chi connectivity index (χ0v) is 19.1. The molecule has 5 nitrogen and oxygen atoms in total. The molecule has 160 valence electrons. The van der Waals surface area contributed by atoms with E-state index in [9.17, 15) is 4.79 Å². The molecule has 1 amide bonds. The normalized spacial score (nSPS) is 11.5.